The standard InChI is InChI=1S/C19H17N3O4S/c1-26-19(23)18-16-11-14(7-9-17(16)20-21-18)22-27(24,25)15-8-6-12-4-2-3-5-13(12)10-15/h2-5,7,9-11,22H,6,8H2,1H3,(H,20,21). The van der Waals surface area contributed by atoms with E-state index >= 15 is 0 Å². The van der Waals surface area contributed by atoms with E-state index in [2.05, 4.69) is 14.9 Å². The quantitative estimate of drug-likeness (QED) is 0.674. The molecule has 2 N–H and O–H groups in total. The number of anilines is 1. The molecule has 0 radical (unpaired) electrons. The number of ether oxygens (including phenoxy) is 1. The third kappa shape index (κ3) is 3.19. The molecule has 0 aliphatic heterocycles. The van der Waals surface area contributed by atoms with Crippen LogP contribution in [-0.4, -0.2) is 31.7 Å². The van der Waals surface area contributed by atoms with E-state index in [1.54, 1.807) is 24.3 Å². The van der Waals surface area contributed by atoms with Crippen LogP contribution in [0.25, 0.3) is 17.0 Å². The first kappa shape index (κ1) is 17.3. The van der Waals surface area contributed by atoms with Gasteiger partial charge >= 0.3 is 5.97 Å². The fourth-order valence-corrected chi connectivity index (χ4v) is 4.39. The molecule has 1 aliphatic rings. The van der Waals surface area contributed by atoms with E-state index in [-0.39, 0.29) is 5.69 Å². The maximum absolute atomic E-state index is 12.8. The van der Waals surface area contributed by atoms with Crippen molar-refractivity contribution in [3.63, 3.8) is 0 Å². The third-order valence-corrected chi connectivity index (χ3v) is 6.07. The second kappa shape index (κ2) is 6.55. The van der Waals surface area contributed by atoms with E-state index in [1.807, 2.05) is 24.3 Å². The number of carbonyl (C=O) groups excluding carboxylic acids is 1. The van der Waals surface area contributed by atoms with Crippen LogP contribution in [0.15, 0.2) is 47.4 Å². The molecule has 0 unspecified atom stereocenters. The number of aryl methyl sites for hydroxylation is 1. The van der Waals surface area contributed by atoms with E-state index < -0.39 is 16.0 Å². The van der Waals surface area contributed by atoms with Gasteiger partial charge in [0, 0.05) is 11.1 Å². The Balaban J connectivity index is 1.67. The first-order valence-corrected chi connectivity index (χ1v) is 9.84. The monoisotopic (exact) mass is 383 g/mol. The predicted octanol–water partition coefficient (Wildman–Crippen LogP) is 3.08. The van der Waals surface area contributed by atoms with Crippen molar-refractivity contribution in [2.24, 2.45) is 0 Å². The van der Waals surface area contributed by atoms with Crippen molar-refractivity contribution < 1.29 is 17.9 Å². The number of H-pyrrole nitrogens is 1. The van der Waals surface area contributed by atoms with Crippen LogP contribution in [-0.2, 0) is 21.2 Å². The molecular formula is C19H17N3O4S. The number of methoxy groups -OCH3 is 1. The fraction of sp³-hybridized carbons (Fsp3) is 0.158. The summed E-state index contributed by atoms with van der Waals surface area (Å²) >= 11 is 0. The highest BCUT2D eigenvalue weighted by molar-refractivity contribution is 7.96. The molecule has 7 nitrogen and oxygen atoms in total. The van der Waals surface area contributed by atoms with Gasteiger partial charge in [-0.05, 0) is 48.2 Å². The molecule has 4 rings (SSSR count). The van der Waals surface area contributed by atoms with Crippen molar-refractivity contribution in [3.8, 4) is 0 Å². The Morgan fingerprint density at radius 1 is 1.19 bits per heavy atom. The van der Waals surface area contributed by atoms with Crippen LogP contribution < -0.4 is 4.72 Å². The van der Waals surface area contributed by atoms with Crippen molar-refractivity contribution in [1.29, 1.82) is 0 Å². The van der Waals surface area contributed by atoms with Crippen molar-refractivity contribution in [2.45, 2.75) is 12.8 Å². The molecule has 0 fully saturated rings. The van der Waals surface area contributed by atoms with Crippen LogP contribution in [0.3, 0.4) is 0 Å². The Morgan fingerprint density at radius 2 is 2.00 bits per heavy atom. The summed E-state index contributed by atoms with van der Waals surface area (Å²) in [5.74, 6) is -0.590. The number of nitrogens with zero attached hydrogens (tertiary/aromatic N) is 1. The first-order chi connectivity index (χ1) is 13.0. The number of nitrogens with one attached hydrogen (secondary N) is 2. The average Bonchev–Trinajstić information content (AvgIpc) is 3.10. The third-order valence-electron chi connectivity index (χ3n) is 4.55. The molecule has 0 saturated carbocycles. The summed E-state index contributed by atoms with van der Waals surface area (Å²) < 4.78 is 32.9. The van der Waals surface area contributed by atoms with Gasteiger partial charge in [0.1, 0.15) is 0 Å². The highest BCUT2D eigenvalue weighted by Gasteiger charge is 2.22. The summed E-state index contributed by atoms with van der Waals surface area (Å²) in [6.07, 6.45) is 2.82. The van der Waals surface area contributed by atoms with Gasteiger partial charge in [0.15, 0.2) is 5.69 Å². The molecule has 0 amide bonds. The molecule has 0 atom stereocenters. The Hall–Kier alpha value is -3.13. The maximum Gasteiger partial charge on any atom is 0.359 e. The van der Waals surface area contributed by atoms with E-state index in [0.29, 0.717) is 34.3 Å². The smallest absolute Gasteiger partial charge is 0.359 e. The topological polar surface area (TPSA) is 101 Å². The molecule has 1 aromatic heterocycles. The van der Waals surface area contributed by atoms with E-state index in [0.717, 1.165) is 11.1 Å². The molecule has 3 aromatic rings. The summed E-state index contributed by atoms with van der Waals surface area (Å²) in [6.45, 7) is 0. The lowest BCUT2D eigenvalue weighted by Crippen LogP contribution is -2.17. The van der Waals surface area contributed by atoms with Gasteiger partial charge in [-0.25, -0.2) is 13.2 Å². The van der Waals surface area contributed by atoms with Crippen LogP contribution in [0.1, 0.15) is 28.0 Å². The SMILES string of the molecule is COC(=O)c1n[nH]c2ccc(NS(=O)(=O)C3=Cc4ccccc4CC3)cc12. The zero-order chi connectivity index (χ0) is 19.0. The molecule has 8 heteroatoms. The highest BCUT2D eigenvalue weighted by atomic mass is 32.2. The molecule has 0 saturated heterocycles. The van der Waals surface area contributed by atoms with Gasteiger partial charge < -0.3 is 4.74 Å². The van der Waals surface area contributed by atoms with Gasteiger partial charge in [-0.15, -0.1) is 0 Å². The van der Waals surface area contributed by atoms with Gasteiger partial charge in [0.05, 0.1) is 17.5 Å². The number of fused-ring (bicyclic) bond motifs is 2. The van der Waals surface area contributed by atoms with E-state index in [1.165, 1.54) is 7.11 Å². The number of rotatable bonds is 4. The molecule has 27 heavy (non-hydrogen) atoms. The second-order valence-corrected chi connectivity index (χ2v) is 7.97. The van der Waals surface area contributed by atoms with Crippen LogP contribution >= 0.6 is 0 Å². The second-order valence-electron chi connectivity index (χ2n) is 6.24. The van der Waals surface area contributed by atoms with Crippen molar-refractivity contribution in [1.82, 2.24) is 10.2 Å². The number of aromatic nitrogens is 2. The Labute approximate surface area is 156 Å². The highest BCUT2D eigenvalue weighted by Crippen LogP contribution is 2.29. The number of carbonyl (C=O) groups is 1. The predicted molar refractivity (Wildman–Crippen MR) is 103 cm³/mol. The minimum absolute atomic E-state index is 0.111. The summed E-state index contributed by atoms with van der Waals surface area (Å²) in [5.41, 5.74) is 3.14. The van der Waals surface area contributed by atoms with E-state index in [4.69, 9.17) is 4.74 Å². The molecule has 0 spiro atoms. The molecule has 1 aliphatic carbocycles. The van der Waals surface area contributed by atoms with Crippen LogP contribution in [0.5, 0.6) is 0 Å². The first-order valence-electron chi connectivity index (χ1n) is 8.36. The number of benzene rings is 2. The lowest BCUT2D eigenvalue weighted by Gasteiger charge is -2.17. The zero-order valence-corrected chi connectivity index (χ0v) is 15.3. The van der Waals surface area contributed by atoms with Gasteiger partial charge in [-0.2, -0.15) is 5.10 Å². The molecule has 138 valence electrons. The number of aromatic amines is 1. The van der Waals surface area contributed by atoms with Crippen LogP contribution in [0.2, 0.25) is 0 Å². The minimum atomic E-state index is -3.71. The molecule has 1 heterocycles. The Morgan fingerprint density at radius 3 is 2.81 bits per heavy atom. The Kier molecular flexibility index (Phi) is 4.19. The number of sulfonamides is 1. The van der Waals surface area contributed by atoms with Crippen LogP contribution in [0.4, 0.5) is 5.69 Å². The fourth-order valence-electron chi connectivity index (χ4n) is 3.17. The van der Waals surface area contributed by atoms with Crippen molar-refractivity contribution in [3.05, 3.63) is 64.2 Å². The van der Waals surface area contributed by atoms with Crippen molar-refractivity contribution >= 4 is 38.7 Å². The Bertz CT molecular complexity index is 1180. The van der Waals surface area contributed by atoms with Gasteiger partial charge in [0.25, 0.3) is 10.0 Å². The summed E-state index contributed by atoms with van der Waals surface area (Å²) in [5, 5.41) is 7.15. The number of allylic oxidation sites excluding steroid dienone is 1. The molecular weight excluding hydrogens is 366 g/mol. The summed E-state index contributed by atoms with van der Waals surface area (Å²) in [4.78, 5) is 12.1. The maximum atomic E-state index is 12.8. The lowest BCUT2D eigenvalue weighted by molar-refractivity contribution is 0.0596. The van der Waals surface area contributed by atoms with E-state index in [9.17, 15) is 13.2 Å². The van der Waals surface area contributed by atoms with Gasteiger partial charge in [-0.1, -0.05) is 24.3 Å². The molecule has 2 aromatic carbocycles. The van der Waals surface area contributed by atoms with Gasteiger partial charge in [0.2, 0.25) is 0 Å². The normalized spacial score (nSPS) is 13.7. The average molecular weight is 383 g/mol. The number of esters is 1. The molecule has 0 bridgehead atoms. The van der Waals surface area contributed by atoms with Gasteiger partial charge in [-0.3, -0.25) is 9.82 Å². The zero-order valence-electron chi connectivity index (χ0n) is 14.5. The summed E-state index contributed by atoms with van der Waals surface area (Å²) in [6, 6.07) is 12.6. The number of hydrogen-bond donors (Lipinski definition) is 2. The minimum Gasteiger partial charge on any atom is -0.464 e. The summed E-state index contributed by atoms with van der Waals surface area (Å²) in [7, 11) is -2.44. The number of hydrogen-bond acceptors (Lipinski definition) is 5. The van der Waals surface area contributed by atoms with Crippen molar-refractivity contribution in [2.75, 3.05) is 11.8 Å². The van der Waals surface area contributed by atoms with Crippen LogP contribution in [0, 0.1) is 0 Å². The largest absolute Gasteiger partial charge is 0.464 e. The lowest BCUT2D eigenvalue weighted by atomic mass is 9.98.